The zero-order chi connectivity index (χ0) is 15.1. The lowest BCUT2D eigenvalue weighted by molar-refractivity contribution is -0.124. The second-order valence-corrected chi connectivity index (χ2v) is 6.07. The van der Waals surface area contributed by atoms with Gasteiger partial charge in [-0.25, -0.2) is 0 Å². The molecule has 0 atom stereocenters. The molecule has 0 aromatic rings. The maximum absolute atomic E-state index is 12.0. The van der Waals surface area contributed by atoms with Gasteiger partial charge in [0.25, 0.3) is 0 Å². The van der Waals surface area contributed by atoms with Crippen LogP contribution in [-0.2, 0) is 9.59 Å². The summed E-state index contributed by atoms with van der Waals surface area (Å²) in [4.78, 5) is 25.9. The normalized spacial score (nSPS) is 19.3. The highest BCUT2D eigenvalue weighted by atomic mass is 16.1. The number of ketones is 1. The molecule has 0 aromatic carbocycles. The molecule has 116 valence electrons. The minimum absolute atomic E-state index is 0.0173. The fourth-order valence-corrected chi connectivity index (χ4v) is 3.05. The fraction of sp³-hybridized carbons (Fsp3) is 0.647. The van der Waals surface area contributed by atoms with Gasteiger partial charge in [0.05, 0.1) is 0 Å². The third-order valence-electron chi connectivity index (χ3n) is 4.28. The molecular formula is C17H26N2O2. The van der Waals surface area contributed by atoms with Crippen LogP contribution in [0.1, 0.15) is 51.4 Å². The van der Waals surface area contributed by atoms with Gasteiger partial charge in [0.2, 0.25) is 5.91 Å². The fourth-order valence-electron chi connectivity index (χ4n) is 3.05. The SMILES string of the molecule is CN1C=CCC(C(=O)NCCCC(=O)C2CCCCC2)=C1. The first-order chi connectivity index (χ1) is 10.2. The Labute approximate surface area is 127 Å². The van der Waals surface area contributed by atoms with Gasteiger partial charge < -0.3 is 10.2 Å². The lowest BCUT2D eigenvalue weighted by atomic mass is 9.85. The van der Waals surface area contributed by atoms with Crippen LogP contribution in [-0.4, -0.2) is 30.2 Å². The molecule has 1 saturated carbocycles. The number of hydrogen-bond donors (Lipinski definition) is 1. The molecule has 1 heterocycles. The smallest absolute Gasteiger partial charge is 0.248 e. The zero-order valence-electron chi connectivity index (χ0n) is 12.9. The van der Waals surface area contributed by atoms with Crippen molar-refractivity contribution in [3.8, 4) is 0 Å². The van der Waals surface area contributed by atoms with Crippen molar-refractivity contribution in [3.05, 3.63) is 24.0 Å². The van der Waals surface area contributed by atoms with E-state index in [1.807, 2.05) is 30.4 Å². The van der Waals surface area contributed by atoms with Crippen LogP contribution >= 0.6 is 0 Å². The molecule has 4 nitrogen and oxygen atoms in total. The minimum atomic E-state index is -0.0173. The van der Waals surface area contributed by atoms with Gasteiger partial charge in [-0.3, -0.25) is 9.59 Å². The summed E-state index contributed by atoms with van der Waals surface area (Å²) in [5.74, 6) is 0.661. The van der Waals surface area contributed by atoms with Crippen LogP contribution in [0.3, 0.4) is 0 Å². The first kappa shape index (κ1) is 15.8. The Morgan fingerprint density at radius 2 is 2.05 bits per heavy atom. The number of hydrogen-bond acceptors (Lipinski definition) is 3. The standard InChI is InChI=1S/C17H26N2O2/c1-19-12-6-9-15(13-19)17(21)18-11-5-10-16(20)14-7-3-2-4-8-14/h6,12-14H,2-5,7-11H2,1H3,(H,18,21). The Kier molecular flexibility index (Phi) is 6.03. The van der Waals surface area contributed by atoms with Crippen LogP contribution in [0.15, 0.2) is 24.0 Å². The predicted octanol–water partition coefficient (Wildman–Crippen LogP) is 2.77. The van der Waals surface area contributed by atoms with E-state index in [0.29, 0.717) is 25.2 Å². The van der Waals surface area contributed by atoms with E-state index in [-0.39, 0.29) is 11.8 Å². The van der Waals surface area contributed by atoms with Crippen molar-refractivity contribution in [1.82, 2.24) is 10.2 Å². The molecule has 1 aliphatic carbocycles. The van der Waals surface area contributed by atoms with Gasteiger partial charge in [-0.05, 0) is 31.9 Å². The van der Waals surface area contributed by atoms with E-state index in [1.165, 1.54) is 19.3 Å². The van der Waals surface area contributed by atoms with E-state index < -0.39 is 0 Å². The Hall–Kier alpha value is -1.58. The third-order valence-corrected chi connectivity index (χ3v) is 4.28. The van der Waals surface area contributed by atoms with E-state index in [4.69, 9.17) is 0 Å². The summed E-state index contributed by atoms with van der Waals surface area (Å²) in [5, 5.41) is 2.91. The molecule has 1 aliphatic heterocycles. The van der Waals surface area contributed by atoms with Crippen molar-refractivity contribution >= 4 is 11.7 Å². The summed E-state index contributed by atoms with van der Waals surface area (Å²) in [7, 11) is 1.91. The van der Waals surface area contributed by atoms with Gasteiger partial charge in [0, 0.05) is 37.7 Å². The van der Waals surface area contributed by atoms with E-state index >= 15 is 0 Å². The number of amides is 1. The average molecular weight is 290 g/mol. The first-order valence-corrected chi connectivity index (χ1v) is 8.07. The van der Waals surface area contributed by atoms with Crippen LogP contribution in [0.4, 0.5) is 0 Å². The molecular weight excluding hydrogens is 264 g/mol. The monoisotopic (exact) mass is 290 g/mol. The number of Topliss-reactive ketones (excluding diaryl/α,β-unsaturated/α-hetero) is 1. The van der Waals surface area contributed by atoms with E-state index in [2.05, 4.69) is 5.32 Å². The van der Waals surface area contributed by atoms with Crippen LogP contribution < -0.4 is 5.32 Å². The molecule has 0 unspecified atom stereocenters. The van der Waals surface area contributed by atoms with Crippen LogP contribution in [0.25, 0.3) is 0 Å². The largest absolute Gasteiger partial charge is 0.357 e. The van der Waals surface area contributed by atoms with E-state index in [9.17, 15) is 9.59 Å². The molecule has 1 amide bonds. The van der Waals surface area contributed by atoms with Crippen molar-refractivity contribution in [2.45, 2.75) is 51.4 Å². The van der Waals surface area contributed by atoms with Crippen LogP contribution in [0.2, 0.25) is 0 Å². The second kappa shape index (κ2) is 8.01. The van der Waals surface area contributed by atoms with Crippen molar-refractivity contribution in [1.29, 1.82) is 0 Å². The van der Waals surface area contributed by atoms with Gasteiger partial charge in [-0.1, -0.05) is 25.3 Å². The zero-order valence-corrected chi connectivity index (χ0v) is 12.9. The minimum Gasteiger partial charge on any atom is -0.357 e. The Balaban J connectivity index is 1.63. The van der Waals surface area contributed by atoms with E-state index in [1.54, 1.807) is 0 Å². The molecule has 2 aliphatic rings. The van der Waals surface area contributed by atoms with Gasteiger partial charge in [-0.2, -0.15) is 0 Å². The van der Waals surface area contributed by atoms with Crippen molar-refractivity contribution < 1.29 is 9.59 Å². The summed E-state index contributed by atoms with van der Waals surface area (Å²) in [6.45, 7) is 0.585. The number of allylic oxidation sites excluding steroid dienone is 1. The second-order valence-electron chi connectivity index (χ2n) is 6.07. The number of rotatable bonds is 6. The Bertz CT molecular complexity index is 434. The topological polar surface area (TPSA) is 49.4 Å². The number of carbonyl (C=O) groups is 2. The van der Waals surface area contributed by atoms with Crippen LogP contribution in [0.5, 0.6) is 0 Å². The molecule has 2 rings (SSSR count). The highest BCUT2D eigenvalue weighted by molar-refractivity contribution is 5.93. The van der Waals surface area contributed by atoms with Gasteiger partial charge >= 0.3 is 0 Å². The van der Waals surface area contributed by atoms with Crippen molar-refractivity contribution in [2.75, 3.05) is 13.6 Å². The van der Waals surface area contributed by atoms with Gasteiger partial charge in [-0.15, -0.1) is 0 Å². The van der Waals surface area contributed by atoms with Crippen molar-refractivity contribution in [2.24, 2.45) is 5.92 Å². The molecule has 21 heavy (non-hydrogen) atoms. The lowest BCUT2D eigenvalue weighted by Gasteiger charge is -2.20. The van der Waals surface area contributed by atoms with Gasteiger partial charge in [0.1, 0.15) is 5.78 Å². The molecule has 0 saturated heterocycles. The highest BCUT2D eigenvalue weighted by Gasteiger charge is 2.20. The lowest BCUT2D eigenvalue weighted by Crippen LogP contribution is -2.28. The summed E-state index contributed by atoms with van der Waals surface area (Å²) < 4.78 is 0. The molecule has 0 aromatic heterocycles. The molecule has 4 heteroatoms. The average Bonchev–Trinajstić information content (AvgIpc) is 2.52. The molecule has 1 fully saturated rings. The molecule has 0 spiro atoms. The highest BCUT2D eigenvalue weighted by Crippen LogP contribution is 2.25. The Morgan fingerprint density at radius 3 is 2.76 bits per heavy atom. The number of nitrogens with zero attached hydrogens (tertiary/aromatic N) is 1. The predicted molar refractivity (Wildman–Crippen MR) is 83.4 cm³/mol. The molecule has 0 bridgehead atoms. The number of nitrogens with one attached hydrogen (secondary N) is 1. The Morgan fingerprint density at radius 1 is 1.29 bits per heavy atom. The molecule has 1 N–H and O–H groups in total. The van der Waals surface area contributed by atoms with Crippen molar-refractivity contribution in [3.63, 3.8) is 0 Å². The first-order valence-electron chi connectivity index (χ1n) is 8.07. The summed E-state index contributed by atoms with van der Waals surface area (Å²) in [6.07, 6.45) is 13.6. The third kappa shape index (κ3) is 5.03. The quantitative estimate of drug-likeness (QED) is 0.765. The summed E-state index contributed by atoms with van der Waals surface area (Å²) in [5.41, 5.74) is 0.776. The maximum Gasteiger partial charge on any atom is 0.248 e. The van der Waals surface area contributed by atoms with Crippen LogP contribution in [0, 0.1) is 5.92 Å². The maximum atomic E-state index is 12.0. The van der Waals surface area contributed by atoms with Gasteiger partial charge in [0.15, 0.2) is 0 Å². The van der Waals surface area contributed by atoms with E-state index in [0.717, 1.165) is 24.8 Å². The number of carbonyl (C=O) groups excluding carboxylic acids is 2. The summed E-state index contributed by atoms with van der Waals surface area (Å²) >= 11 is 0. The molecule has 0 radical (unpaired) electrons. The summed E-state index contributed by atoms with van der Waals surface area (Å²) in [6, 6.07) is 0.